The molecule has 1 heterocycles. The fraction of sp³-hybridized carbons (Fsp3) is 0.267. The number of carbonyl (C=O) groups is 3. The highest BCUT2D eigenvalue weighted by Gasteiger charge is 2.40. The highest BCUT2D eigenvalue weighted by atomic mass is 32.2. The number of hydrogen-bond donors (Lipinski definition) is 1. The maximum Gasteiger partial charge on any atom is 0.308 e. The molecule has 1 aliphatic heterocycles. The molecule has 1 atom stereocenters. The van der Waals surface area contributed by atoms with Crippen molar-refractivity contribution in [1.29, 1.82) is 0 Å². The Bertz CT molecular complexity index is 669. The maximum absolute atomic E-state index is 13.0. The van der Waals surface area contributed by atoms with Crippen LogP contribution in [0.2, 0.25) is 0 Å². The van der Waals surface area contributed by atoms with Crippen LogP contribution in [-0.4, -0.2) is 46.3 Å². The normalized spacial score (nSPS) is 18.0. The predicted molar refractivity (Wildman–Crippen MR) is 80.1 cm³/mol. The molecule has 1 aliphatic rings. The number of likely N-dealkylation sites (N-methyl/N-ethyl adjacent to an activating group) is 1. The number of aliphatic carboxylic acids is 1. The third-order valence-corrected chi connectivity index (χ3v) is 4.40. The van der Waals surface area contributed by atoms with E-state index in [9.17, 15) is 18.8 Å². The van der Waals surface area contributed by atoms with Crippen molar-refractivity contribution in [1.82, 2.24) is 4.90 Å². The van der Waals surface area contributed by atoms with E-state index < -0.39 is 35.3 Å². The topological polar surface area (TPSA) is 74.7 Å². The first-order valence-corrected chi connectivity index (χ1v) is 7.70. The largest absolute Gasteiger partial charge is 0.481 e. The van der Waals surface area contributed by atoms with E-state index in [0.717, 1.165) is 12.1 Å². The fourth-order valence-electron chi connectivity index (χ4n) is 2.38. The number of thioether (sulfide) groups is 1. The van der Waals surface area contributed by atoms with Crippen LogP contribution in [0.5, 0.6) is 0 Å². The monoisotopic (exact) mass is 323 g/mol. The van der Waals surface area contributed by atoms with Gasteiger partial charge in [-0.15, -0.1) is 11.8 Å². The maximum atomic E-state index is 13.0. The van der Waals surface area contributed by atoms with E-state index in [1.807, 2.05) is 0 Å². The van der Waals surface area contributed by atoms with E-state index >= 15 is 0 Å². The van der Waals surface area contributed by atoms with Gasteiger partial charge in [0.2, 0.25) is 0 Å². The molecule has 1 aromatic rings. The van der Waals surface area contributed by atoms with Crippen molar-refractivity contribution in [2.45, 2.75) is 11.8 Å². The highest BCUT2D eigenvalue weighted by Crippen LogP contribution is 2.34. The molecule has 0 bridgehead atoms. The van der Waals surface area contributed by atoms with Gasteiger partial charge in [0.05, 0.1) is 6.42 Å². The smallest absolute Gasteiger partial charge is 0.308 e. The summed E-state index contributed by atoms with van der Waals surface area (Å²) in [5.74, 6) is -2.57. The second-order valence-corrected chi connectivity index (χ2v) is 5.72. The van der Waals surface area contributed by atoms with Crippen molar-refractivity contribution in [2.24, 2.45) is 0 Å². The van der Waals surface area contributed by atoms with Gasteiger partial charge in [-0.3, -0.25) is 14.4 Å². The molecule has 22 heavy (non-hydrogen) atoms. The van der Waals surface area contributed by atoms with E-state index in [-0.39, 0.29) is 16.7 Å². The average Bonchev–Trinajstić information content (AvgIpc) is 2.71. The van der Waals surface area contributed by atoms with Crippen molar-refractivity contribution >= 4 is 29.4 Å². The van der Waals surface area contributed by atoms with E-state index in [4.69, 9.17) is 5.11 Å². The third-order valence-electron chi connectivity index (χ3n) is 3.40. The molecule has 0 unspecified atom stereocenters. The van der Waals surface area contributed by atoms with Gasteiger partial charge in [-0.2, -0.15) is 0 Å². The van der Waals surface area contributed by atoms with Crippen LogP contribution in [0.1, 0.15) is 16.8 Å². The van der Waals surface area contributed by atoms with Crippen molar-refractivity contribution in [3.8, 4) is 0 Å². The lowest BCUT2D eigenvalue weighted by atomic mass is 9.98. The zero-order chi connectivity index (χ0) is 16.4. The number of hydrogen-bond acceptors (Lipinski definition) is 4. The molecular formula is C15H14FNO4S. The number of amides is 1. The number of rotatable bonds is 5. The second kappa shape index (κ2) is 6.31. The van der Waals surface area contributed by atoms with Gasteiger partial charge in [-0.05, 0) is 30.5 Å². The number of ketones is 1. The molecule has 1 amide bonds. The lowest BCUT2D eigenvalue weighted by molar-refractivity contribution is -0.137. The molecule has 0 spiro atoms. The molecule has 5 nitrogen and oxygen atoms in total. The average molecular weight is 323 g/mol. The first kappa shape index (κ1) is 16.2. The minimum atomic E-state index is -1.18. The summed E-state index contributed by atoms with van der Waals surface area (Å²) in [7, 11) is 1.52. The Kier molecular flexibility index (Phi) is 4.65. The van der Waals surface area contributed by atoms with Crippen molar-refractivity contribution in [3.05, 3.63) is 46.8 Å². The van der Waals surface area contributed by atoms with Crippen molar-refractivity contribution in [3.63, 3.8) is 0 Å². The summed E-state index contributed by atoms with van der Waals surface area (Å²) in [6, 6.07) is 4.95. The molecule has 1 N–H and O–H groups in total. The van der Waals surface area contributed by atoms with Crippen LogP contribution < -0.4 is 0 Å². The van der Waals surface area contributed by atoms with Gasteiger partial charge in [0, 0.05) is 23.8 Å². The first-order chi connectivity index (χ1) is 10.4. The Balaban J connectivity index is 2.51. The van der Waals surface area contributed by atoms with E-state index in [1.165, 1.54) is 35.8 Å². The summed E-state index contributed by atoms with van der Waals surface area (Å²) in [6.45, 7) is 0. The molecule has 1 aromatic carbocycles. The van der Waals surface area contributed by atoms with Crippen molar-refractivity contribution < 1.29 is 23.9 Å². The predicted octanol–water partition coefficient (Wildman–Crippen LogP) is 1.94. The molecule has 116 valence electrons. The second-order valence-electron chi connectivity index (χ2n) is 4.80. The molecule has 0 aromatic heterocycles. The fourth-order valence-corrected chi connectivity index (χ4v) is 3.28. The minimum Gasteiger partial charge on any atom is -0.481 e. The van der Waals surface area contributed by atoms with Gasteiger partial charge in [0.1, 0.15) is 11.2 Å². The summed E-state index contributed by atoms with van der Waals surface area (Å²) < 4.78 is 13.0. The number of halogens is 1. The van der Waals surface area contributed by atoms with E-state index in [1.54, 1.807) is 6.26 Å². The lowest BCUT2D eigenvalue weighted by Gasteiger charge is -2.20. The summed E-state index contributed by atoms with van der Waals surface area (Å²) in [4.78, 5) is 37.2. The molecule has 0 fully saturated rings. The Morgan fingerprint density at radius 3 is 2.41 bits per heavy atom. The van der Waals surface area contributed by atoms with Gasteiger partial charge < -0.3 is 10.0 Å². The zero-order valence-corrected chi connectivity index (χ0v) is 12.8. The van der Waals surface area contributed by atoms with E-state index in [2.05, 4.69) is 0 Å². The SMILES string of the molecule is CS[C@@H]1C(C(=O)c2ccc(F)cc2)=C(CC(=O)O)C(=O)N1C. The quantitative estimate of drug-likeness (QED) is 0.838. The Morgan fingerprint density at radius 1 is 1.32 bits per heavy atom. The number of carbonyl (C=O) groups excluding carboxylic acids is 2. The van der Waals surface area contributed by atoms with Crippen LogP contribution >= 0.6 is 11.8 Å². The number of Topliss-reactive ketones (excluding diaryl/α,β-unsaturated/α-hetero) is 1. The number of carboxylic acid groups (broad SMARTS) is 1. The van der Waals surface area contributed by atoms with Crippen LogP contribution in [0, 0.1) is 5.82 Å². The third kappa shape index (κ3) is 2.89. The Hall–Kier alpha value is -2.15. The van der Waals surface area contributed by atoms with Gasteiger partial charge >= 0.3 is 5.97 Å². The summed E-state index contributed by atoms with van der Waals surface area (Å²) >= 11 is 1.27. The Labute approximate surface area is 130 Å². The molecule has 0 saturated carbocycles. The number of nitrogens with zero attached hydrogens (tertiary/aromatic N) is 1. The zero-order valence-electron chi connectivity index (χ0n) is 12.0. The van der Waals surface area contributed by atoms with Crippen LogP contribution in [0.15, 0.2) is 35.4 Å². The van der Waals surface area contributed by atoms with Crippen molar-refractivity contribution in [2.75, 3.05) is 13.3 Å². The summed E-state index contributed by atoms with van der Waals surface area (Å²) in [5.41, 5.74) is 0.374. The highest BCUT2D eigenvalue weighted by molar-refractivity contribution is 7.99. The van der Waals surface area contributed by atoms with Crippen LogP contribution in [-0.2, 0) is 9.59 Å². The number of carboxylic acids is 1. The minimum absolute atomic E-state index is 0.0105. The number of benzene rings is 1. The molecule has 2 rings (SSSR count). The van der Waals surface area contributed by atoms with Gasteiger partial charge in [0.25, 0.3) is 5.91 Å². The van der Waals surface area contributed by atoms with Gasteiger partial charge in [0.15, 0.2) is 5.78 Å². The first-order valence-electron chi connectivity index (χ1n) is 6.42. The molecule has 0 radical (unpaired) electrons. The summed E-state index contributed by atoms with van der Waals surface area (Å²) in [6.07, 6.45) is 1.22. The summed E-state index contributed by atoms with van der Waals surface area (Å²) in [5, 5.41) is 8.43. The molecular weight excluding hydrogens is 309 g/mol. The van der Waals surface area contributed by atoms with Gasteiger partial charge in [-0.1, -0.05) is 0 Å². The van der Waals surface area contributed by atoms with Crippen LogP contribution in [0.25, 0.3) is 0 Å². The lowest BCUT2D eigenvalue weighted by Crippen LogP contribution is -2.30. The van der Waals surface area contributed by atoms with E-state index in [0.29, 0.717) is 0 Å². The molecule has 0 saturated heterocycles. The van der Waals surface area contributed by atoms with Crippen LogP contribution in [0.3, 0.4) is 0 Å². The van der Waals surface area contributed by atoms with Crippen LogP contribution in [0.4, 0.5) is 4.39 Å². The van der Waals surface area contributed by atoms with Gasteiger partial charge in [-0.25, -0.2) is 4.39 Å². The Morgan fingerprint density at radius 2 is 1.91 bits per heavy atom. The molecule has 7 heteroatoms. The molecule has 0 aliphatic carbocycles. The standard InChI is InChI=1S/C15H14FNO4S/c1-17-14(21)10(7-11(18)19)12(15(17)22-2)13(20)8-3-5-9(16)6-4-8/h3-6,15H,7H2,1-2H3,(H,18,19)/t15-/m1/s1.